The Balaban J connectivity index is 1.60. The van der Waals surface area contributed by atoms with Crippen LogP contribution in [0.1, 0.15) is 34.3 Å². The van der Waals surface area contributed by atoms with Crippen molar-refractivity contribution in [3.8, 4) is 0 Å². The highest BCUT2D eigenvalue weighted by molar-refractivity contribution is 7.89. The Kier molecular flexibility index (Phi) is 5.88. The van der Waals surface area contributed by atoms with Gasteiger partial charge in [0.05, 0.1) is 15.5 Å². The van der Waals surface area contributed by atoms with Gasteiger partial charge in [-0.05, 0) is 49.6 Å². The Bertz CT molecular complexity index is 1330. The fraction of sp³-hybridized carbons (Fsp3) is 0.273. The Morgan fingerprint density at radius 2 is 1.87 bits per heavy atom. The molecule has 0 spiro atoms. The maximum absolute atomic E-state index is 12.8. The number of hydrogen-bond donors (Lipinski definition) is 0. The van der Waals surface area contributed by atoms with Gasteiger partial charge in [-0.3, -0.25) is 0 Å². The molecule has 162 valence electrons. The predicted octanol–water partition coefficient (Wildman–Crippen LogP) is 3.90. The van der Waals surface area contributed by atoms with Crippen molar-refractivity contribution in [1.29, 1.82) is 0 Å². The standard InChI is InChI=1S/C22H20ClNO6S/c1-14-4-6-17-15(11-21(25)30-20(17)10-14)13-29-22(26)18-12-16(5-7-19(18)23)31(27,28)24-8-2-3-9-24/h4-7,10-12H,2-3,8-9,13H2,1H3. The number of halogens is 1. The number of esters is 1. The number of carbonyl (C=O) groups is 1. The summed E-state index contributed by atoms with van der Waals surface area (Å²) in [7, 11) is -3.70. The molecular formula is C22H20ClNO6S. The van der Waals surface area contributed by atoms with Gasteiger partial charge in [-0.15, -0.1) is 0 Å². The lowest BCUT2D eigenvalue weighted by atomic mass is 10.1. The fourth-order valence-corrected chi connectivity index (χ4v) is 5.31. The van der Waals surface area contributed by atoms with Crippen LogP contribution in [0, 0.1) is 6.92 Å². The molecule has 9 heteroatoms. The topological polar surface area (TPSA) is 93.9 Å². The average Bonchev–Trinajstić information content (AvgIpc) is 3.27. The van der Waals surface area contributed by atoms with Gasteiger partial charge in [0, 0.05) is 30.1 Å². The number of hydrogen-bond acceptors (Lipinski definition) is 6. The molecular weight excluding hydrogens is 442 g/mol. The smallest absolute Gasteiger partial charge is 0.340 e. The zero-order valence-electron chi connectivity index (χ0n) is 16.8. The fourth-order valence-electron chi connectivity index (χ4n) is 3.58. The van der Waals surface area contributed by atoms with E-state index in [-0.39, 0.29) is 22.1 Å². The van der Waals surface area contributed by atoms with Crippen LogP contribution in [0.5, 0.6) is 0 Å². The van der Waals surface area contributed by atoms with E-state index in [1.807, 2.05) is 13.0 Å². The lowest BCUT2D eigenvalue weighted by Gasteiger charge is -2.16. The number of aryl methyl sites for hydroxylation is 1. The largest absolute Gasteiger partial charge is 0.457 e. The molecule has 2 heterocycles. The first-order valence-corrected chi connectivity index (χ1v) is 11.6. The number of nitrogens with zero attached hydrogens (tertiary/aromatic N) is 1. The maximum atomic E-state index is 12.8. The molecule has 7 nitrogen and oxygen atoms in total. The van der Waals surface area contributed by atoms with Crippen molar-refractivity contribution >= 4 is 38.6 Å². The van der Waals surface area contributed by atoms with Crippen molar-refractivity contribution in [2.45, 2.75) is 31.3 Å². The van der Waals surface area contributed by atoms with E-state index in [9.17, 15) is 18.0 Å². The molecule has 31 heavy (non-hydrogen) atoms. The van der Waals surface area contributed by atoms with E-state index in [1.54, 1.807) is 12.1 Å². The van der Waals surface area contributed by atoms with Crippen molar-refractivity contribution in [1.82, 2.24) is 4.31 Å². The van der Waals surface area contributed by atoms with Gasteiger partial charge in [-0.2, -0.15) is 4.31 Å². The lowest BCUT2D eigenvalue weighted by molar-refractivity contribution is 0.0473. The van der Waals surface area contributed by atoms with Crippen LogP contribution >= 0.6 is 11.6 Å². The molecule has 3 aromatic rings. The first-order valence-electron chi connectivity index (χ1n) is 9.76. The van der Waals surface area contributed by atoms with E-state index in [2.05, 4.69) is 0 Å². The summed E-state index contributed by atoms with van der Waals surface area (Å²) in [5.41, 5.74) is 1.20. The number of fused-ring (bicyclic) bond motifs is 1. The van der Waals surface area contributed by atoms with Gasteiger partial charge in [0.15, 0.2) is 0 Å². The molecule has 0 N–H and O–H groups in total. The van der Waals surface area contributed by atoms with Crippen molar-refractivity contribution in [3.05, 3.63) is 74.6 Å². The summed E-state index contributed by atoms with van der Waals surface area (Å²) in [5, 5.41) is 0.730. The Labute approximate surface area is 184 Å². The molecule has 1 aliphatic rings. The lowest BCUT2D eigenvalue weighted by Crippen LogP contribution is -2.28. The summed E-state index contributed by atoms with van der Waals surface area (Å²) in [5.74, 6) is -0.781. The second kappa shape index (κ2) is 8.45. The normalized spacial score (nSPS) is 14.8. The average molecular weight is 462 g/mol. The molecule has 0 amide bonds. The zero-order chi connectivity index (χ0) is 22.2. The Morgan fingerprint density at radius 1 is 1.13 bits per heavy atom. The molecule has 1 aromatic heterocycles. The van der Waals surface area contributed by atoms with E-state index in [0.717, 1.165) is 18.4 Å². The SMILES string of the molecule is Cc1ccc2c(COC(=O)c3cc(S(=O)(=O)N4CCCC4)ccc3Cl)cc(=O)oc2c1. The molecule has 2 aromatic carbocycles. The third kappa shape index (κ3) is 4.37. The van der Waals surface area contributed by atoms with Crippen LogP contribution in [0.2, 0.25) is 5.02 Å². The van der Waals surface area contributed by atoms with Crippen LogP contribution in [0.3, 0.4) is 0 Å². The van der Waals surface area contributed by atoms with Crippen molar-refractivity contribution < 1.29 is 22.4 Å². The number of ether oxygens (including phenoxy) is 1. The predicted molar refractivity (Wildman–Crippen MR) is 116 cm³/mol. The quantitative estimate of drug-likeness (QED) is 0.422. The number of carbonyl (C=O) groups excluding carboxylic acids is 1. The van der Waals surface area contributed by atoms with Crippen LogP contribution < -0.4 is 5.63 Å². The van der Waals surface area contributed by atoms with E-state index < -0.39 is 21.6 Å². The van der Waals surface area contributed by atoms with Gasteiger partial charge in [-0.25, -0.2) is 18.0 Å². The van der Waals surface area contributed by atoms with E-state index >= 15 is 0 Å². The molecule has 0 saturated carbocycles. The second-order valence-electron chi connectivity index (χ2n) is 7.42. The van der Waals surface area contributed by atoms with Gasteiger partial charge in [-0.1, -0.05) is 23.7 Å². The maximum Gasteiger partial charge on any atom is 0.340 e. The molecule has 0 unspecified atom stereocenters. The van der Waals surface area contributed by atoms with Crippen LogP contribution in [-0.2, 0) is 21.4 Å². The molecule has 1 aliphatic heterocycles. The van der Waals surface area contributed by atoms with Crippen LogP contribution in [0.25, 0.3) is 11.0 Å². The molecule has 0 aliphatic carbocycles. The van der Waals surface area contributed by atoms with Gasteiger partial charge in [0.25, 0.3) is 0 Å². The number of benzene rings is 2. The molecule has 0 bridgehead atoms. The summed E-state index contributed by atoms with van der Waals surface area (Å²) in [6, 6.07) is 10.6. The third-order valence-corrected chi connectivity index (χ3v) is 7.43. The first kappa shape index (κ1) is 21.5. The summed E-state index contributed by atoms with van der Waals surface area (Å²) in [6.45, 7) is 2.59. The van der Waals surface area contributed by atoms with Crippen molar-refractivity contribution in [2.75, 3.05) is 13.1 Å². The molecule has 1 fully saturated rings. The molecule has 4 rings (SSSR count). The highest BCUT2D eigenvalue weighted by Crippen LogP contribution is 2.26. The van der Waals surface area contributed by atoms with E-state index in [1.165, 1.54) is 28.6 Å². The molecule has 0 atom stereocenters. The minimum Gasteiger partial charge on any atom is -0.457 e. The number of rotatable bonds is 5. The Morgan fingerprint density at radius 3 is 2.61 bits per heavy atom. The monoisotopic (exact) mass is 461 g/mol. The van der Waals surface area contributed by atoms with Gasteiger partial charge in [0.1, 0.15) is 12.2 Å². The third-order valence-electron chi connectivity index (χ3n) is 5.21. The summed E-state index contributed by atoms with van der Waals surface area (Å²) >= 11 is 6.15. The summed E-state index contributed by atoms with van der Waals surface area (Å²) in [6.07, 6.45) is 1.61. The van der Waals surface area contributed by atoms with E-state index in [0.29, 0.717) is 29.6 Å². The van der Waals surface area contributed by atoms with Gasteiger partial charge < -0.3 is 9.15 Å². The van der Waals surface area contributed by atoms with Crippen LogP contribution in [0.15, 0.2) is 56.6 Å². The molecule has 1 saturated heterocycles. The van der Waals surface area contributed by atoms with E-state index in [4.69, 9.17) is 20.8 Å². The van der Waals surface area contributed by atoms with Crippen LogP contribution in [-0.4, -0.2) is 31.8 Å². The minimum absolute atomic E-state index is 0.00738. The van der Waals surface area contributed by atoms with Gasteiger partial charge in [0.2, 0.25) is 10.0 Å². The first-order chi connectivity index (χ1) is 14.8. The molecule has 0 radical (unpaired) electrons. The van der Waals surface area contributed by atoms with Crippen LogP contribution in [0.4, 0.5) is 0 Å². The zero-order valence-corrected chi connectivity index (χ0v) is 18.3. The minimum atomic E-state index is -3.70. The summed E-state index contributed by atoms with van der Waals surface area (Å²) < 4.78 is 37.6. The summed E-state index contributed by atoms with van der Waals surface area (Å²) in [4.78, 5) is 24.6. The highest BCUT2D eigenvalue weighted by atomic mass is 35.5. The van der Waals surface area contributed by atoms with Crippen molar-refractivity contribution in [2.24, 2.45) is 0 Å². The highest BCUT2D eigenvalue weighted by Gasteiger charge is 2.28. The Hall–Kier alpha value is -2.68. The van der Waals surface area contributed by atoms with Gasteiger partial charge >= 0.3 is 11.6 Å². The number of sulfonamides is 1. The second-order valence-corrected chi connectivity index (χ2v) is 9.76. The van der Waals surface area contributed by atoms with Crippen molar-refractivity contribution in [3.63, 3.8) is 0 Å².